The first-order valence-electron chi connectivity index (χ1n) is 6.03. The monoisotopic (exact) mass is 250 g/mol. The fraction of sp³-hybridized carbons (Fsp3) is 0.500. The standard InChI is InChI=1S/C14H22N2O2/c1-10(15-11(2)17)14(16(3)4)12-6-8-13(18-5)9-7-12/h6-10,14H,1-5H3,(H,15,17). The van der Waals surface area contributed by atoms with Crippen molar-refractivity contribution >= 4 is 5.91 Å². The molecule has 1 aromatic rings. The number of nitrogens with one attached hydrogen (secondary N) is 1. The van der Waals surface area contributed by atoms with Crippen LogP contribution in [0.2, 0.25) is 0 Å². The van der Waals surface area contributed by atoms with Crippen LogP contribution in [0.1, 0.15) is 25.5 Å². The van der Waals surface area contributed by atoms with Crippen LogP contribution in [0.3, 0.4) is 0 Å². The first-order chi connectivity index (χ1) is 8.45. The lowest BCUT2D eigenvalue weighted by Gasteiger charge is -2.31. The van der Waals surface area contributed by atoms with Crippen molar-refractivity contribution in [3.8, 4) is 5.75 Å². The number of hydrogen-bond donors (Lipinski definition) is 1. The van der Waals surface area contributed by atoms with Crippen molar-refractivity contribution < 1.29 is 9.53 Å². The first-order valence-corrected chi connectivity index (χ1v) is 6.03. The molecule has 0 bridgehead atoms. The van der Waals surface area contributed by atoms with E-state index >= 15 is 0 Å². The molecule has 2 atom stereocenters. The van der Waals surface area contributed by atoms with E-state index in [1.165, 1.54) is 6.92 Å². The summed E-state index contributed by atoms with van der Waals surface area (Å²) < 4.78 is 5.15. The number of nitrogens with zero attached hydrogens (tertiary/aromatic N) is 1. The molecule has 0 aromatic heterocycles. The second-order valence-electron chi connectivity index (χ2n) is 4.67. The van der Waals surface area contributed by atoms with Crippen molar-refractivity contribution in [2.75, 3.05) is 21.2 Å². The molecule has 100 valence electrons. The Morgan fingerprint density at radius 1 is 1.28 bits per heavy atom. The summed E-state index contributed by atoms with van der Waals surface area (Å²) in [6, 6.07) is 8.12. The van der Waals surface area contributed by atoms with E-state index in [1.807, 2.05) is 45.3 Å². The summed E-state index contributed by atoms with van der Waals surface area (Å²) in [7, 11) is 5.67. The molecule has 0 aliphatic heterocycles. The van der Waals surface area contributed by atoms with Crippen molar-refractivity contribution in [3.05, 3.63) is 29.8 Å². The van der Waals surface area contributed by atoms with Crippen molar-refractivity contribution in [1.29, 1.82) is 0 Å². The topological polar surface area (TPSA) is 41.6 Å². The number of ether oxygens (including phenoxy) is 1. The second kappa shape index (κ2) is 6.40. The smallest absolute Gasteiger partial charge is 0.217 e. The van der Waals surface area contributed by atoms with Crippen LogP contribution in [0, 0.1) is 0 Å². The number of hydrogen-bond acceptors (Lipinski definition) is 3. The third-order valence-corrected chi connectivity index (χ3v) is 2.92. The van der Waals surface area contributed by atoms with Crippen LogP contribution in [0.15, 0.2) is 24.3 Å². The van der Waals surface area contributed by atoms with Crippen LogP contribution in [-0.4, -0.2) is 38.1 Å². The lowest BCUT2D eigenvalue weighted by molar-refractivity contribution is -0.119. The maximum Gasteiger partial charge on any atom is 0.217 e. The van der Waals surface area contributed by atoms with Gasteiger partial charge in [-0.15, -0.1) is 0 Å². The van der Waals surface area contributed by atoms with Crippen LogP contribution >= 0.6 is 0 Å². The molecule has 1 aromatic carbocycles. The SMILES string of the molecule is COc1ccc(C(C(C)NC(C)=O)N(C)C)cc1. The number of carbonyl (C=O) groups is 1. The number of amides is 1. The largest absolute Gasteiger partial charge is 0.497 e. The van der Waals surface area contributed by atoms with E-state index in [9.17, 15) is 4.79 Å². The van der Waals surface area contributed by atoms with Crippen LogP contribution in [0.5, 0.6) is 5.75 Å². The molecule has 0 saturated heterocycles. The Morgan fingerprint density at radius 3 is 2.22 bits per heavy atom. The summed E-state index contributed by atoms with van der Waals surface area (Å²) in [5.74, 6) is 0.825. The molecule has 4 nitrogen and oxygen atoms in total. The van der Waals surface area contributed by atoms with Crippen molar-refractivity contribution in [1.82, 2.24) is 10.2 Å². The Kier molecular flexibility index (Phi) is 5.16. The Bertz CT molecular complexity index is 387. The van der Waals surface area contributed by atoms with Gasteiger partial charge in [0.1, 0.15) is 5.75 Å². The molecule has 2 unspecified atom stereocenters. The van der Waals surface area contributed by atoms with Crippen LogP contribution in [0.4, 0.5) is 0 Å². The normalized spacial score (nSPS) is 14.1. The predicted octanol–water partition coefficient (Wildman–Crippen LogP) is 1.82. The third kappa shape index (κ3) is 3.74. The van der Waals surface area contributed by atoms with Gasteiger partial charge in [-0.05, 0) is 38.7 Å². The molecular formula is C14H22N2O2. The summed E-state index contributed by atoms with van der Waals surface area (Å²) >= 11 is 0. The molecule has 0 spiro atoms. The highest BCUT2D eigenvalue weighted by Gasteiger charge is 2.22. The Morgan fingerprint density at radius 2 is 1.83 bits per heavy atom. The van der Waals surface area contributed by atoms with Crippen LogP contribution in [-0.2, 0) is 4.79 Å². The van der Waals surface area contributed by atoms with E-state index in [2.05, 4.69) is 10.2 Å². The second-order valence-corrected chi connectivity index (χ2v) is 4.67. The average Bonchev–Trinajstić information content (AvgIpc) is 2.28. The highest BCUT2D eigenvalue weighted by molar-refractivity contribution is 5.73. The van der Waals surface area contributed by atoms with Gasteiger partial charge in [0.2, 0.25) is 5.91 Å². The van der Waals surface area contributed by atoms with Crippen molar-refractivity contribution in [2.24, 2.45) is 0 Å². The number of likely N-dealkylation sites (N-methyl/N-ethyl adjacent to an activating group) is 1. The molecule has 4 heteroatoms. The number of carbonyl (C=O) groups excluding carboxylic acids is 1. The van der Waals surface area contributed by atoms with Gasteiger partial charge in [0, 0.05) is 13.0 Å². The Labute approximate surface area is 109 Å². The maximum absolute atomic E-state index is 11.2. The minimum Gasteiger partial charge on any atom is -0.497 e. The summed E-state index contributed by atoms with van der Waals surface area (Å²) in [4.78, 5) is 13.3. The van der Waals surface area contributed by atoms with E-state index in [0.717, 1.165) is 11.3 Å². The lowest BCUT2D eigenvalue weighted by Crippen LogP contribution is -2.41. The zero-order valence-corrected chi connectivity index (χ0v) is 11.7. The van der Waals surface area contributed by atoms with Gasteiger partial charge in [-0.25, -0.2) is 0 Å². The summed E-state index contributed by atoms with van der Waals surface area (Å²) in [6.07, 6.45) is 0. The molecule has 0 radical (unpaired) electrons. The molecule has 1 rings (SSSR count). The molecule has 0 aliphatic rings. The Balaban J connectivity index is 2.92. The van der Waals surface area contributed by atoms with Crippen LogP contribution < -0.4 is 10.1 Å². The van der Waals surface area contributed by atoms with Gasteiger partial charge in [-0.2, -0.15) is 0 Å². The van der Waals surface area contributed by atoms with E-state index in [1.54, 1.807) is 7.11 Å². The lowest BCUT2D eigenvalue weighted by atomic mass is 9.99. The predicted molar refractivity (Wildman–Crippen MR) is 72.7 cm³/mol. The summed E-state index contributed by atoms with van der Waals surface area (Å²) in [5, 5.41) is 2.94. The molecule has 18 heavy (non-hydrogen) atoms. The molecule has 0 fully saturated rings. The van der Waals surface area contributed by atoms with Crippen molar-refractivity contribution in [3.63, 3.8) is 0 Å². The van der Waals surface area contributed by atoms with E-state index < -0.39 is 0 Å². The van der Waals surface area contributed by atoms with E-state index in [-0.39, 0.29) is 18.0 Å². The highest BCUT2D eigenvalue weighted by Crippen LogP contribution is 2.24. The molecule has 0 aliphatic carbocycles. The van der Waals surface area contributed by atoms with Gasteiger partial charge in [0.05, 0.1) is 13.2 Å². The number of methoxy groups -OCH3 is 1. The van der Waals surface area contributed by atoms with Crippen molar-refractivity contribution in [2.45, 2.75) is 25.9 Å². The molecule has 0 heterocycles. The molecular weight excluding hydrogens is 228 g/mol. The minimum absolute atomic E-state index is 0.0112. The molecule has 1 N–H and O–H groups in total. The van der Waals surface area contributed by atoms with Gasteiger partial charge < -0.3 is 15.0 Å². The number of benzene rings is 1. The van der Waals surface area contributed by atoms with Gasteiger partial charge in [-0.1, -0.05) is 12.1 Å². The molecule has 0 saturated carbocycles. The van der Waals surface area contributed by atoms with Gasteiger partial charge in [0.25, 0.3) is 0 Å². The van der Waals surface area contributed by atoms with E-state index in [4.69, 9.17) is 4.74 Å². The fourth-order valence-corrected chi connectivity index (χ4v) is 2.23. The zero-order valence-electron chi connectivity index (χ0n) is 11.7. The summed E-state index contributed by atoms with van der Waals surface area (Å²) in [5.41, 5.74) is 1.15. The maximum atomic E-state index is 11.2. The minimum atomic E-state index is -0.0112. The Hall–Kier alpha value is -1.55. The van der Waals surface area contributed by atoms with Gasteiger partial charge in [0.15, 0.2) is 0 Å². The van der Waals surface area contributed by atoms with Gasteiger partial charge in [-0.3, -0.25) is 4.79 Å². The van der Waals surface area contributed by atoms with Gasteiger partial charge >= 0.3 is 0 Å². The molecule has 1 amide bonds. The third-order valence-electron chi connectivity index (χ3n) is 2.92. The number of rotatable bonds is 5. The fourth-order valence-electron chi connectivity index (χ4n) is 2.23. The highest BCUT2D eigenvalue weighted by atomic mass is 16.5. The zero-order chi connectivity index (χ0) is 13.7. The first kappa shape index (κ1) is 14.5. The summed E-state index contributed by atoms with van der Waals surface area (Å²) in [6.45, 7) is 3.55. The quantitative estimate of drug-likeness (QED) is 0.866. The van der Waals surface area contributed by atoms with Crippen LogP contribution in [0.25, 0.3) is 0 Å². The average molecular weight is 250 g/mol. The van der Waals surface area contributed by atoms with E-state index in [0.29, 0.717) is 0 Å².